The maximum absolute atomic E-state index is 13.4. The molecule has 0 saturated carbocycles. The third-order valence-corrected chi connectivity index (χ3v) is 5.48. The Morgan fingerprint density at radius 3 is 2.45 bits per heavy atom. The molecule has 0 radical (unpaired) electrons. The van der Waals surface area contributed by atoms with Gasteiger partial charge in [-0.05, 0) is 48.5 Å². The lowest BCUT2D eigenvalue weighted by atomic mass is 10.2. The maximum atomic E-state index is 13.4. The zero-order valence-electron chi connectivity index (χ0n) is 15.3. The number of imidazole rings is 1. The van der Waals surface area contributed by atoms with Gasteiger partial charge < -0.3 is 4.40 Å². The normalized spacial score (nSPS) is 11.2. The summed E-state index contributed by atoms with van der Waals surface area (Å²) < 4.78 is 17.4. The monoisotopic (exact) mass is 401 g/mol. The second kappa shape index (κ2) is 7.52. The van der Waals surface area contributed by atoms with Crippen molar-refractivity contribution in [1.82, 2.24) is 24.1 Å². The molecule has 0 aliphatic carbocycles. The second-order valence-electron chi connectivity index (χ2n) is 6.47. The van der Waals surface area contributed by atoms with Crippen molar-refractivity contribution in [3.8, 4) is 17.1 Å². The highest BCUT2D eigenvalue weighted by molar-refractivity contribution is 7.98. The van der Waals surface area contributed by atoms with E-state index in [1.165, 1.54) is 12.1 Å². The largest absolute Gasteiger partial charge is 0.307 e. The van der Waals surface area contributed by atoms with Crippen LogP contribution in [0.5, 0.6) is 0 Å². The van der Waals surface area contributed by atoms with E-state index in [9.17, 15) is 4.39 Å². The van der Waals surface area contributed by atoms with Crippen molar-refractivity contribution in [1.29, 1.82) is 0 Å². The highest BCUT2D eigenvalue weighted by Gasteiger charge is 2.16. The summed E-state index contributed by atoms with van der Waals surface area (Å²) >= 11 is 1.57. The lowest BCUT2D eigenvalue weighted by Gasteiger charge is -2.10. The van der Waals surface area contributed by atoms with E-state index in [0.29, 0.717) is 11.6 Å². The Kier molecular flexibility index (Phi) is 4.57. The number of nitrogens with zero attached hydrogens (tertiary/aromatic N) is 5. The minimum absolute atomic E-state index is 0.277. The van der Waals surface area contributed by atoms with Crippen molar-refractivity contribution in [2.24, 2.45) is 0 Å². The highest BCUT2D eigenvalue weighted by Crippen LogP contribution is 2.29. The molecule has 2 aromatic carbocycles. The molecule has 0 bridgehead atoms. The first kappa shape index (κ1) is 17.6. The van der Waals surface area contributed by atoms with Gasteiger partial charge >= 0.3 is 0 Å². The number of hydrogen-bond donors (Lipinski definition) is 0. The molecule has 5 rings (SSSR count). The van der Waals surface area contributed by atoms with Gasteiger partial charge in [-0.2, -0.15) is 0 Å². The molecule has 0 saturated heterocycles. The predicted octanol–water partition coefficient (Wildman–Crippen LogP) is 5.01. The van der Waals surface area contributed by atoms with E-state index in [4.69, 9.17) is 0 Å². The van der Waals surface area contributed by atoms with Crippen LogP contribution in [0.25, 0.3) is 22.7 Å². The van der Waals surface area contributed by atoms with Crippen LogP contribution in [0.1, 0.15) is 5.69 Å². The Hall–Kier alpha value is -3.45. The lowest BCUT2D eigenvalue weighted by molar-refractivity contribution is 0.628. The van der Waals surface area contributed by atoms with E-state index in [0.717, 1.165) is 27.7 Å². The van der Waals surface area contributed by atoms with Gasteiger partial charge in [0, 0.05) is 29.4 Å². The molecule has 7 heteroatoms. The third-order valence-electron chi connectivity index (χ3n) is 4.51. The van der Waals surface area contributed by atoms with Crippen LogP contribution in [0.3, 0.4) is 0 Å². The maximum Gasteiger partial charge on any atom is 0.196 e. The third kappa shape index (κ3) is 3.52. The van der Waals surface area contributed by atoms with Crippen LogP contribution in [0.2, 0.25) is 0 Å². The Bertz CT molecular complexity index is 1230. The average Bonchev–Trinajstić information content (AvgIpc) is 3.37. The Morgan fingerprint density at radius 1 is 0.862 bits per heavy atom. The van der Waals surface area contributed by atoms with Gasteiger partial charge in [0.1, 0.15) is 11.5 Å². The average molecular weight is 401 g/mol. The number of thioether (sulfide) groups is 1. The fraction of sp³-hybridized carbons (Fsp3) is 0.0455. The summed E-state index contributed by atoms with van der Waals surface area (Å²) in [6.07, 6.45) is 4.00. The first-order valence-corrected chi connectivity index (χ1v) is 10.1. The Balaban J connectivity index is 1.51. The topological polar surface area (TPSA) is 48.0 Å². The van der Waals surface area contributed by atoms with Gasteiger partial charge in [-0.25, -0.2) is 9.37 Å². The van der Waals surface area contributed by atoms with Gasteiger partial charge in [0.05, 0.1) is 5.69 Å². The molecule has 0 aliphatic heterocycles. The molecule has 29 heavy (non-hydrogen) atoms. The zero-order chi connectivity index (χ0) is 19.6. The van der Waals surface area contributed by atoms with Crippen LogP contribution < -0.4 is 0 Å². The van der Waals surface area contributed by atoms with E-state index in [1.54, 1.807) is 23.9 Å². The quantitative estimate of drug-likeness (QED) is 0.388. The Labute approximate surface area is 170 Å². The highest BCUT2D eigenvalue weighted by atomic mass is 32.2. The molecule has 0 amide bonds. The van der Waals surface area contributed by atoms with Crippen LogP contribution in [0.15, 0.2) is 90.3 Å². The van der Waals surface area contributed by atoms with Gasteiger partial charge in [-0.3, -0.25) is 4.57 Å². The van der Waals surface area contributed by atoms with Crippen molar-refractivity contribution < 1.29 is 4.39 Å². The van der Waals surface area contributed by atoms with Gasteiger partial charge in [0.2, 0.25) is 0 Å². The lowest BCUT2D eigenvalue weighted by Crippen LogP contribution is -1.99. The van der Waals surface area contributed by atoms with E-state index in [-0.39, 0.29) is 5.82 Å². The minimum Gasteiger partial charge on any atom is -0.307 e. The van der Waals surface area contributed by atoms with Crippen molar-refractivity contribution in [2.75, 3.05) is 0 Å². The van der Waals surface area contributed by atoms with Crippen molar-refractivity contribution in [3.63, 3.8) is 0 Å². The summed E-state index contributed by atoms with van der Waals surface area (Å²) in [5.74, 6) is 1.06. The number of pyridine rings is 1. The minimum atomic E-state index is -0.277. The first-order valence-electron chi connectivity index (χ1n) is 9.10. The summed E-state index contributed by atoms with van der Waals surface area (Å²) in [7, 11) is 0. The molecular weight excluding hydrogens is 385 g/mol. The van der Waals surface area contributed by atoms with E-state index in [1.807, 2.05) is 69.9 Å². The van der Waals surface area contributed by atoms with Crippen LogP contribution in [-0.2, 0) is 5.75 Å². The van der Waals surface area contributed by atoms with Crippen LogP contribution in [-0.4, -0.2) is 24.1 Å². The second-order valence-corrected chi connectivity index (χ2v) is 7.41. The number of fused-ring (bicyclic) bond motifs is 1. The molecule has 0 spiro atoms. The fourth-order valence-electron chi connectivity index (χ4n) is 3.15. The Morgan fingerprint density at radius 2 is 1.66 bits per heavy atom. The van der Waals surface area contributed by atoms with Crippen LogP contribution in [0.4, 0.5) is 4.39 Å². The SMILES string of the molecule is Fc1ccc(-c2nnc(SCc3cn4ccccc4n3)n2-c2ccccc2)cc1. The van der Waals surface area contributed by atoms with Crippen LogP contribution >= 0.6 is 11.8 Å². The fourth-order valence-corrected chi connectivity index (χ4v) is 3.99. The summed E-state index contributed by atoms with van der Waals surface area (Å²) in [6.45, 7) is 0. The van der Waals surface area contributed by atoms with E-state index >= 15 is 0 Å². The summed E-state index contributed by atoms with van der Waals surface area (Å²) in [5.41, 5.74) is 3.64. The number of hydrogen-bond acceptors (Lipinski definition) is 4. The molecule has 5 nitrogen and oxygen atoms in total. The van der Waals surface area contributed by atoms with Gasteiger partial charge in [-0.15, -0.1) is 10.2 Å². The number of benzene rings is 2. The van der Waals surface area contributed by atoms with E-state index < -0.39 is 0 Å². The molecule has 0 N–H and O–H groups in total. The summed E-state index contributed by atoms with van der Waals surface area (Å²) in [4.78, 5) is 4.65. The van der Waals surface area contributed by atoms with Crippen LogP contribution in [0, 0.1) is 5.82 Å². The molecule has 0 unspecified atom stereocenters. The van der Waals surface area contributed by atoms with Gasteiger partial charge in [0.15, 0.2) is 11.0 Å². The smallest absolute Gasteiger partial charge is 0.196 e. The molecule has 0 aliphatic rings. The molecule has 3 aromatic heterocycles. The number of aromatic nitrogens is 5. The van der Waals surface area contributed by atoms with E-state index in [2.05, 4.69) is 15.2 Å². The van der Waals surface area contributed by atoms with Crippen molar-refractivity contribution in [2.45, 2.75) is 10.9 Å². The van der Waals surface area contributed by atoms with Gasteiger partial charge in [-0.1, -0.05) is 36.0 Å². The standard InChI is InChI=1S/C22H16FN5S/c23-17-11-9-16(10-12-17)21-25-26-22(28(21)19-6-2-1-3-7-19)29-15-18-14-27-13-5-4-8-20(27)24-18/h1-14H,15H2. The molecule has 142 valence electrons. The van der Waals surface area contributed by atoms with Crippen molar-refractivity contribution in [3.05, 3.63) is 96.7 Å². The zero-order valence-corrected chi connectivity index (χ0v) is 16.1. The predicted molar refractivity (Wildman–Crippen MR) is 112 cm³/mol. The molecule has 0 atom stereocenters. The molecule has 0 fully saturated rings. The number of rotatable bonds is 5. The number of para-hydroxylation sites is 1. The molecule has 3 heterocycles. The molecular formula is C22H16FN5S. The molecule has 5 aromatic rings. The summed E-state index contributed by atoms with van der Waals surface area (Å²) in [6, 6.07) is 22.2. The summed E-state index contributed by atoms with van der Waals surface area (Å²) in [5, 5.41) is 9.56. The van der Waals surface area contributed by atoms with Gasteiger partial charge in [0.25, 0.3) is 0 Å². The number of halogens is 1. The first-order chi connectivity index (χ1) is 14.3. The van der Waals surface area contributed by atoms with Crippen molar-refractivity contribution >= 4 is 17.4 Å².